The number of likely N-dealkylation sites (tertiary alicyclic amines) is 2. The first-order valence-electron chi connectivity index (χ1n) is 9.30. The molecular weight excluding hydrogens is 378 g/mol. The van der Waals surface area contributed by atoms with Crippen molar-refractivity contribution in [3.63, 3.8) is 0 Å². The number of thioether (sulfide) groups is 1. The molecule has 0 N–H and O–H groups in total. The largest absolute Gasteiger partial charge is 0.341 e. The summed E-state index contributed by atoms with van der Waals surface area (Å²) >= 11 is 1.56. The van der Waals surface area contributed by atoms with Crippen LogP contribution in [0.2, 0.25) is 0 Å². The zero-order valence-corrected chi connectivity index (χ0v) is 17.2. The van der Waals surface area contributed by atoms with Crippen LogP contribution in [0.4, 0.5) is 0 Å². The van der Waals surface area contributed by atoms with Crippen molar-refractivity contribution in [2.24, 2.45) is 11.3 Å². The highest BCUT2D eigenvalue weighted by Crippen LogP contribution is 2.43. The molecule has 0 aliphatic carbocycles. The molecule has 0 bridgehead atoms. The van der Waals surface area contributed by atoms with E-state index in [1.165, 1.54) is 4.52 Å². The smallest absolute Gasteiger partial charge is 0.255 e. The number of pyridine rings is 1. The summed E-state index contributed by atoms with van der Waals surface area (Å²) < 4.78 is 1.52. The maximum atomic E-state index is 13.1. The van der Waals surface area contributed by atoms with Gasteiger partial charge >= 0.3 is 0 Å². The van der Waals surface area contributed by atoms with Gasteiger partial charge in [0.05, 0.1) is 11.3 Å². The van der Waals surface area contributed by atoms with E-state index in [1.54, 1.807) is 30.1 Å². The molecule has 0 saturated carbocycles. The van der Waals surface area contributed by atoms with E-state index in [-0.39, 0.29) is 17.2 Å². The Morgan fingerprint density at radius 1 is 1.25 bits per heavy atom. The van der Waals surface area contributed by atoms with Crippen molar-refractivity contribution < 1.29 is 9.59 Å². The number of tetrazole rings is 1. The van der Waals surface area contributed by atoms with Crippen molar-refractivity contribution in [3.8, 4) is 0 Å². The minimum absolute atomic E-state index is 0.00748. The molecule has 2 unspecified atom stereocenters. The van der Waals surface area contributed by atoms with Gasteiger partial charge in [-0.3, -0.25) is 9.59 Å². The first-order valence-corrected chi connectivity index (χ1v) is 10.7. The Morgan fingerprint density at radius 2 is 2.00 bits per heavy atom. The van der Waals surface area contributed by atoms with Gasteiger partial charge < -0.3 is 14.7 Å². The molecule has 4 rings (SSSR count). The molecule has 0 spiro atoms. The molecule has 2 saturated heterocycles. The van der Waals surface area contributed by atoms with E-state index < -0.39 is 0 Å². The quantitative estimate of drug-likeness (QED) is 0.692. The average molecular weight is 404 g/mol. The molecule has 2 aromatic rings. The molecule has 2 aliphatic heterocycles. The topological polar surface area (TPSA) is 86.9 Å². The predicted octanol–water partition coefficient (Wildman–Crippen LogP) is -0.0505. The summed E-state index contributed by atoms with van der Waals surface area (Å²) in [5, 5.41) is 11.4. The van der Waals surface area contributed by atoms with Crippen LogP contribution in [0.25, 0.3) is 5.65 Å². The fourth-order valence-corrected chi connectivity index (χ4v) is 5.07. The lowest BCUT2D eigenvalue weighted by atomic mass is 9.80. The highest BCUT2D eigenvalue weighted by atomic mass is 32.2. The van der Waals surface area contributed by atoms with Crippen LogP contribution in [0.5, 0.6) is 0 Å². The van der Waals surface area contributed by atoms with Crippen LogP contribution >= 0.6 is 11.8 Å². The Kier molecular flexibility index (Phi) is 5.00. The maximum absolute atomic E-state index is 13.1. The summed E-state index contributed by atoms with van der Waals surface area (Å²) in [6, 6.07) is 3.53. The standard InChI is InChI=1S/C18H25N7O2S/c1-22(2)10-18-11-23(16(26)9-28-3)7-14(18)8-24(12-18)17(27)13-4-5-15-19-20-21-25(15)6-13/h4-6,14H,7-12H2,1-3H3. The average Bonchev–Trinajstić information content (AvgIpc) is 3.32. The minimum Gasteiger partial charge on any atom is -0.341 e. The van der Waals surface area contributed by atoms with E-state index in [0.717, 1.165) is 13.1 Å². The lowest BCUT2D eigenvalue weighted by Gasteiger charge is -2.32. The summed E-state index contributed by atoms with van der Waals surface area (Å²) in [4.78, 5) is 31.6. The van der Waals surface area contributed by atoms with Crippen molar-refractivity contribution in [2.75, 3.05) is 58.8 Å². The van der Waals surface area contributed by atoms with Crippen LogP contribution in [0.15, 0.2) is 18.3 Å². The van der Waals surface area contributed by atoms with Crippen LogP contribution in [0, 0.1) is 11.3 Å². The maximum Gasteiger partial charge on any atom is 0.255 e. The van der Waals surface area contributed by atoms with Gasteiger partial charge in [0.2, 0.25) is 5.91 Å². The van der Waals surface area contributed by atoms with Gasteiger partial charge in [-0.15, -0.1) is 5.10 Å². The lowest BCUT2D eigenvalue weighted by molar-refractivity contribution is -0.127. The molecule has 0 aromatic carbocycles. The Labute approximate surface area is 168 Å². The number of amides is 2. The normalized spacial score (nSPS) is 24.4. The number of fused-ring (bicyclic) bond motifs is 2. The van der Waals surface area contributed by atoms with Crippen LogP contribution in [-0.2, 0) is 4.79 Å². The third-order valence-electron chi connectivity index (χ3n) is 5.74. The third-order valence-corrected chi connectivity index (χ3v) is 6.27. The molecule has 0 radical (unpaired) electrons. The van der Waals surface area contributed by atoms with E-state index >= 15 is 0 Å². The number of carbonyl (C=O) groups is 2. The zero-order chi connectivity index (χ0) is 19.9. The second-order valence-electron chi connectivity index (χ2n) is 8.09. The molecule has 2 fully saturated rings. The van der Waals surface area contributed by atoms with E-state index in [4.69, 9.17) is 0 Å². The van der Waals surface area contributed by atoms with Gasteiger partial charge in [0.1, 0.15) is 0 Å². The Balaban J connectivity index is 1.54. The molecule has 150 valence electrons. The summed E-state index contributed by atoms with van der Waals surface area (Å²) in [6.45, 7) is 3.62. The summed E-state index contributed by atoms with van der Waals surface area (Å²) in [5.41, 5.74) is 1.11. The van der Waals surface area contributed by atoms with Gasteiger partial charge in [-0.05, 0) is 42.9 Å². The Bertz CT molecular complexity index is 901. The fourth-order valence-electron chi connectivity index (χ4n) is 4.64. The summed E-state index contributed by atoms with van der Waals surface area (Å²) in [7, 11) is 4.10. The highest BCUT2D eigenvalue weighted by molar-refractivity contribution is 7.99. The van der Waals surface area contributed by atoms with Gasteiger partial charge in [-0.1, -0.05) is 0 Å². The molecule has 28 heavy (non-hydrogen) atoms. The van der Waals surface area contributed by atoms with E-state index in [0.29, 0.717) is 42.5 Å². The van der Waals surface area contributed by atoms with Gasteiger partial charge in [0.15, 0.2) is 5.65 Å². The number of rotatable bonds is 5. The van der Waals surface area contributed by atoms with Gasteiger partial charge in [-0.2, -0.15) is 16.3 Å². The minimum atomic E-state index is -0.0772. The molecule has 2 amide bonds. The number of hydrogen-bond donors (Lipinski definition) is 0. The number of hydrogen-bond acceptors (Lipinski definition) is 7. The predicted molar refractivity (Wildman–Crippen MR) is 106 cm³/mol. The summed E-state index contributed by atoms with van der Waals surface area (Å²) in [6.07, 6.45) is 3.63. The van der Waals surface area contributed by atoms with Crippen LogP contribution in [0.3, 0.4) is 0 Å². The molecule has 2 aromatic heterocycles. The van der Waals surface area contributed by atoms with Crippen molar-refractivity contribution >= 4 is 29.2 Å². The molecule has 2 atom stereocenters. The van der Waals surface area contributed by atoms with Gasteiger partial charge in [0.25, 0.3) is 5.91 Å². The summed E-state index contributed by atoms with van der Waals surface area (Å²) in [5.74, 6) is 0.995. The lowest BCUT2D eigenvalue weighted by Crippen LogP contribution is -2.44. The van der Waals surface area contributed by atoms with Crippen LogP contribution in [0.1, 0.15) is 10.4 Å². The molecule has 10 heteroatoms. The molecular formula is C18H25N7O2S. The second-order valence-corrected chi connectivity index (χ2v) is 8.96. The van der Waals surface area contributed by atoms with Gasteiger partial charge in [0, 0.05) is 50.3 Å². The number of aromatic nitrogens is 4. The van der Waals surface area contributed by atoms with Crippen molar-refractivity contribution in [2.45, 2.75) is 0 Å². The zero-order valence-electron chi connectivity index (χ0n) is 16.4. The van der Waals surface area contributed by atoms with E-state index in [1.807, 2.05) is 30.2 Å². The van der Waals surface area contributed by atoms with Crippen LogP contribution < -0.4 is 0 Å². The van der Waals surface area contributed by atoms with E-state index in [9.17, 15) is 9.59 Å². The van der Waals surface area contributed by atoms with Crippen LogP contribution in [-0.4, -0.2) is 105 Å². The first kappa shape index (κ1) is 19.1. The number of nitrogens with zero attached hydrogens (tertiary/aromatic N) is 7. The number of carbonyl (C=O) groups excluding carboxylic acids is 2. The Hall–Kier alpha value is -2.20. The molecule has 9 nitrogen and oxygen atoms in total. The Morgan fingerprint density at radius 3 is 2.75 bits per heavy atom. The molecule has 4 heterocycles. The highest BCUT2D eigenvalue weighted by Gasteiger charge is 2.54. The third kappa shape index (κ3) is 3.35. The SMILES string of the molecule is CSCC(=O)N1CC2CN(C(=O)c3ccc4nnnn4c3)CC2(CN(C)C)C1. The monoisotopic (exact) mass is 403 g/mol. The molecule has 2 aliphatic rings. The van der Waals surface area contributed by atoms with Gasteiger partial charge in [-0.25, -0.2) is 0 Å². The second kappa shape index (κ2) is 7.32. The first-order chi connectivity index (χ1) is 13.4. The van der Waals surface area contributed by atoms with Crippen molar-refractivity contribution in [3.05, 3.63) is 23.9 Å². The van der Waals surface area contributed by atoms with Crippen molar-refractivity contribution in [1.29, 1.82) is 0 Å². The van der Waals surface area contributed by atoms with E-state index in [2.05, 4.69) is 20.4 Å². The van der Waals surface area contributed by atoms with Crippen molar-refractivity contribution in [1.82, 2.24) is 34.7 Å². The fraction of sp³-hybridized carbons (Fsp3) is 0.611.